The zero-order valence-electron chi connectivity index (χ0n) is 9.66. The molecular weight excluding hydrogens is 184 g/mol. The largest absolute Gasteiger partial charge is 0.397 e. The highest BCUT2D eigenvalue weighted by molar-refractivity contribution is 5.69. The highest BCUT2D eigenvalue weighted by atomic mass is 15.2. The van der Waals surface area contributed by atoms with E-state index in [9.17, 15) is 0 Å². The van der Waals surface area contributed by atoms with Crippen LogP contribution in [0.2, 0.25) is 0 Å². The second kappa shape index (κ2) is 4.13. The number of nitrogen functional groups attached to an aromatic ring is 1. The van der Waals surface area contributed by atoms with Crippen molar-refractivity contribution in [1.82, 2.24) is 0 Å². The number of aryl methyl sites for hydroxylation is 1. The molecule has 1 aliphatic rings. The number of hydrogen-bond acceptors (Lipinski definition) is 2. The zero-order valence-corrected chi connectivity index (χ0v) is 9.66. The Labute approximate surface area is 92.1 Å². The number of anilines is 2. The molecule has 2 rings (SSSR count). The third-order valence-electron chi connectivity index (χ3n) is 3.30. The van der Waals surface area contributed by atoms with Crippen molar-refractivity contribution in [2.75, 3.05) is 17.2 Å². The third-order valence-corrected chi connectivity index (χ3v) is 3.30. The van der Waals surface area contributed by atoms with Gasteiger partial charge in [0.15, 0.2) is 0 Å². The summed E-state index contributed by atoms with van der Waals surface area (Å²) in [5, 5.41) is 0. The van der Waals surface area contributed by atoms with Crippen molar-refractivity contribution in [3.05, 3.63) is 23.8 Å². The van der Waals surface area contributed by atoms with Gasteiger partial charge in [0.2, 0.25) is 0 Å². The van der Waals surface area contributed by atoms with Gasteiger partial charge in [0.05, 0.1) is 11.4 Å². The second-order valence-corrected chi connectivity index (χ2v) is 4.60. The molecule has 0 amide bonds. The highest BCUT2D eigenvalue weighted by Gasteiger charge is 2.19. The van der Waals surface area contributed by atoms with Gasteiger partial charge in [0.25, 0.3) is 0 Å². The molecular formula is C13H20N2. The fraction of sp³-hybridized carbons (Fsp3) is 0.538. The molecule has 1 aromatic rings. The van der Waals surface area contributed by atoms with E-state index in [4.69, 9.17) is 5.73 Å². The molecule has 2 N–H and O–H groups in total. The van der Waals surface area contributed by atoms with E-state index in [1.54, 1.807) is 0 Å². The molecule has 82 valence electrons. The first-order chi connectivity index (χ1) is 7.18. The van der Waals surface area contributed by atoms with Gasteiger partial charge in [0, 0.05) is 12.6 Å². The summed E-state index contributed by atoms with van der Waals surface area (Å²) in [4.78, 5) is 2.45. The molecule has 0 bridgehead atoms. The smallest absolute Gasteiger partial charge is 0.0604 e. The van der Waals surface area contributed by atoms with Crippen molar-refractivity contribution >= 4 is 11.4 Å². The molecule has 1 aliphatic heterocycles. The molecule has 2 nitrogen and oxygen atoms in total. The maximum atomic E-state index is 6.04. The monoisotopic (exact) mass is 204 g/mol. The van der Waals surface area contributed by atoms with Crippen LogP contribution in [0.1, 0.15) is 31.7 Å². The number of benzene rings is 1. The molecule has 0 radical (unpaired) electrons. The van der Waals surface area contributed by atoms with Gasteiger partial charge in [-0.1, -0.05) is 6.07 Å². The van der Waals surface area contributed by atoms with Crippen LogP contribution < -0.4 is 10.6 Å². The van der Waals surface area contributed by atoms with Crippen LogP contribution in [0.15, 0.2) is 18.2 Å². The molecule has 0 unspecified atom stereocenters. The summed E-state index contributed by atoms with van der Waals surface area (Å²) in [5.74, 6) is 0. The van der Waals surface area contributed by atoms with Gasteiger partial charge < -0.3 is 10.6 Å². The Bertz CT molecular complexity index is 346. The van der Waals surface area contributed by atoms with Gasteiger partial charge in [-0.2, -0.15) is 0 Å². The molecule has 0 aliphatic carbocycles. The van der Waals surface area contributed by atoms with Crippen LogP contribution in [0, 0.1) is 6.92 Å². The van der Waals surface area contributed by atoms with E-state index in [1.165, 1.54) is 30.5 Å². The molecule has 1 atom stereocenters. The van der Waals surface area contributed by atoms with Crippen molar-refractivity contribution in [1.29, 1.82) is 0 Å². The van der Waals surface area contributed by atoms with E-state index >= 15 is 0 Å². The summed E-state index contributed by atoms with van der Waals surface area (Å²) in [6.07, 6.45) is 3.93. The maximum Gasteiger partial charge on any atom is 0.0604 e. The fourth-order valence-corrected chi connectivity index (χ4v) is 2.36. The standard InChI is InChI=1S/C13H20N2/c1-10-6-7-12(14)13(9-10)15-8-4-3-5-11(15)2/h6-7,9,11H,3-5,8,14H2,1-2H3/t11-/m0/s1. The van der Waals surface area contributed by atoms with Crippen molar-refractivity contribution in [3.63, 3.8) is 0 Å². The summed E-state index contributed by atoms with van der Waals surface area (Å²) >= 11 is 0. The molecule has 1 fully saturated rings. The maximum absolute atomic E-state index is 6.04. The molecule has 0 spiro atoms. The Kier molecular flexibility index (Phi) is 2.85. The Balaban J connectivity index is 2.30. The average molecular weight is 204 g/mol. The van der Waals surface area contributed by atoms with E-state index in [0.29, 0.717) is 6.04 Å². The predicted octanol–water partition coefficient (Wildman–Crippen LogP) is 2.96. The summed E-state index contributed by atoms with van der Waals surface area (Å²) in [6, 6.07) is 6.93. The third kappa shape index (κ3) is 2.09. The average Bonchev–Trinajstić information content (AvgIpc) is 2.23. The van der Waals surface area contributed by atoms with Crippen LogP contribution in [0.3, 0.4) is 0 Å². The first-order valence-corrected chi connectivity index (χ1v) is 5.81. The minimum atomic E-state index is 0.628. The van der Waals surface area contributed by atoms with Crippen molar-refractivity contribution in [2.45, 2.75) is 39.2 Å². The Morgan fingerprint density at radius 2 is 2.13 bits per heavy atom. The lowest BCUT2D eigenvalue weighted by Crippen LogP contribution is -2.37. The lowest BCUT2D eigenvalue weighted by molar-refractivity contribution is 0.485. The van der Waals surface area contributed by atoms with E-state index in [1.807, 2.05) is 6.07 Å². The predicted molar refractivity (Wildman–Crippen MR) is 66.3 cm³/mol. The van der Waals surface area contributed by atoms with Crippen LogP contribution in [-0.4, -0.2) is 12.6 Å². The molecule has 2 heteroatoms. The SMILES string of the molecule is Cc1ccc(N)c(N2CCCC[C@@H]2C)c1. The number of rotatable bonds is 1. The number of nitrogens with two attached hydrogens (primary N) is 1. The summed E-state index contributed by atoms with van der Waals surface area (Å²) in [5.41, 5.74) is 9.47. The minimum absolute atomic E-state index is 0.628. The van der Waals surface area contributed by atoms with E-state index < -0.39 is 0 Å². The normalized spacial score (nSPS) is 21.7. The fourth-order valence-electron chi connectivity index (χ4n) is 2.36. The topological polar surface area (TPSA) is 29.3 Å². The Hall–Kier alpha value is -1.18. The first-order valence-electron chi connectivity index (χ1n) is 5.81. The van der Waals surface area contributed by atoms with Gasteiger partial charge in [0.1, 0.15) is 0 Å². The summed E-state index contributed by atoms with van der Waals surface area (Å²) < 4.78 is 0. The molecule has 0 aromatic heterocycles. The van der Waals surface area contributed by atoms with Crippen LogP contribution in [0.5, 0.6) is 0 Å². The van der Waals surface area contributed by atoms with Gasteiger partial charge in [-0.25, -0.2) is 0 Å². The summed E-state index contributed by atoms with van der Waals surface area (Å²) in [6.45, 7) is 5.56. The van der Waals surface area contributed by atoms with Crippen LogP contribution >= 0.6 is 0 Å². The van der Waals surface area contributed by atoms with Crippen LogP contribution in [0.4, 0.5) is 11.4 Å². The first kappa shape index (κ1) is 10.3. The van der Waals surface area contributed by atoms with E-state index in [0.717, 1.165) is 12.2 Å². The lowest BCUT2D eigenvalue weighted by atomic mass is 10.0. The second-order valence-electron chi connectivity index (χ2n) is 4.60. The highest BCUT2D eigenvalue weighted by Crippen LogP contribution is 2.30. The van der Waals surface area contributed by atoms with Gasteiger partial charge in [-0.15, -0.1) is 0 Å². The summed E-state index contributed by atoms with van der Waals surface area (Å²) in [7, 11) is 0. The van der Waals surface area contributed by atoms with Crippen molar-refractivity contribution < 1.29 is 0 Å². The molecule has 15 heavy (non-hydrogen) atoms. The minimum Gasteiger partial charge on any atom is -0.397 e. The molecule has 1 saturated heterocycles. The molecule has 1 heterocycles. The number of hydrogen-bond donors (Lipinski definition) is 1. The van der Waals surface area contributed by atoms with Crippen molar-refractivity contribution in [3.8, 4) is 0 Å². The Morgan fingerprint density at radius 1 is 1.33 bits per heavy atom. The number of nitrogens with zero attached hydrogens (tertiary/aromatic N) is 1. The van der Waals surface area contributed by atoms with Crippen LogP contribution in [0.25, 0.3) is 0 Å². The van der Waals surface area contributed by atoms with E-state index in [2.05, 4.69) is 30.9 Å². The van der Waals surface area contributed by atoms with Gasteiger partial charge in [-0.3, -0.25) is 0 Å². The number of piperidine rings is 1. The van der Waals surface area contributed by atoms with Crippen LogP contribution in [-0.2, 0) is 0 Å². The lowest BCUT2D eigenvalue weighted by Gasteiger charge is -2.36. The van der Waals surface area contributed by atoms with Gasteiger partial charge >= 0.3 is 0 Å². The zero-order chi connectivity index (χ0) is 10.8. The van der Waals surface area contributed by atoms with Crippen molar-refractivity contribution in [2.24, 2.45) is 0 Å². The van der Waals surface area contributed by atoms with Gasteiger partial charge in [-0.05, 0) is 50.8 Å². The van der Waals surface area contributed by atoms with E-state index in [-0.39, 0.29) is 0 Å². The molecule has 1 aromatic carbocycles. The molecule has 0 saturated carbocycles. The quantitative estimate of drug-likeness (QED) is 0.713. The Morgan fingerprint density at radius 3 is 2.87 bits per heavy atom.